The van der Waals surface area contributed by atoms with E-state index in [2.05, 4.69) is 19.2 Å². The van der Waals surface area contributed by atoms with Crippen LogP contribution in [0, 0.1) is 5.41 Å². The summed E-state index contributed by atoms with van der Waals surface area (Å²) in [6.07, 6.45) is 2.14. The Labute approximate surface area is 119 Å². The van der Waals surface area contributed by atoms with Crippen molar-refractivity contribution in [1.29, 1.82) is 0 Å². The van der Waals surface area contributed by atoms with E-state index in [1.165, 1.54) is 4.90 Å². The van der Waals surface area contributed by atoms with E-state index in [4.69, 9.17) is 4.74 Å². The van der Waals surface area contributed by atoms with Crippen molar-refractivity contribution in [1.82, 2.24) is 10.2 Å². The number of ether oxygens (including phenoxy) is 1. The molecule has 1 saturated carbocycles. The number of methoxy groups -OCH3 is 1. The average Bonchev–Trinajstić information content (AvgIpc) is 2.77. The summed E-state index contributed by atoms with van der Waals surface area (Å²) in [4.78, 5) is 25.2. The molecule has 20 heavy (non-hydrogen) atoms. The Bertz CT molecular complexity index is 423. The first kappa shape index (κ1) is 15.1. The molecular weight excluding hydrogens is 260 g/mol. The smallest absolute Gasteiger partial charge is 0.329 e. The fourth-order valence-corrected chi connectivity index (χ4v) is 3.27. The third-order valence-corrected chi connectivity index (χ3v) is 5.11. The molecule has 0 aromatic rings. The van der Waals surface area contributed by atoms with Gasteiger partial charge in [-0.1, -0.05) is 13.8 Å². The molecule has 1 saturated heterocycles. The molecule has 1 heterocycles. The fraction of sp³-hybridized carbons (Fsp3) is 0.857. The van der Waals surface area contributed by atoms with Crippen molar-refractivity contribution in [2.75, 3.05) is 13.7 Å². The quantitative estimate of drug-likeness (QED) is 0.822. The van der Waals surface area contributed by atoms with E-state index in [1.54, 1.807) is 14.0 Å². The lowest BCUT2D eigenvalue weighted by molar-refractivity contribution is -0.147. The molecule has 1 aliphatic heterocycles. The van der Waals surface area contributed by atoms with E-state index in [1.807, 2.05) is 0 Å². The van der Waals surface area contributed by atoms with Gasteiger partial charge in [0.1, 0.15) is 5.54 Å². The number of urea groups is 1. The van der Waals surface area contributed by atoms with Crippen molar-refractivity contribution < 1.29 is 19.4 Å². The van der Waals surface area contributed by atoms with Gasteiger partial charge in [-0.3, -0.25) is 0 Å². The molecule has 3 atom stereocenters. The first-order chi connectivity index (χ1) is 9.23. The van der Waals surface area contributed by atoms with Crippen LogP contribution in [0.5, 0.6) is 0 Å². The van der Waals surface area contributed by atoms with Crippen LogP contribution in [-0.4, -0.2) is 53.3 Å². The number of hydrogen-bond donors (Lipinski definition) is 2. The van der Waals surface area contributed by atoms with Crippen molar-refractivity contribution in [3.8, 4) is 0 Å². The van der Waals surface area contributed by atoms with E-state index < -0.39 is 11.5 Å². The summed E-state index contributed by atoms with van der Waals surface area (Å²) in [5.74, 6) is -0.937. The predicted molar refractivity (Wildman–Crippen MR) is 73.5 cm³/mol. The molecular formula is C14H24N2O4. The van der Waals surface area contributed by atoms with E-state index in [-0.39, 0.29) is 23.6 Å². The second-order valence-corrected chi connectivity index (χ2v) is 6.62. The Morgan fingerprint density at radius 3 is 2.50 bits per heavy atom. The molecule has 0 aromatic carbocycles. The number of amides is 2. The normalized spacial score (nSPS) is 35.5. The zero-order chi connectivity index (χ0) is 15.1. The molecule has 0 radical (unpaired) electrons. The monoisotopic (exact) mass is 284 g/mol. The third-order valence-electron chi connectivity index (χ3n) is 5.11. The van der Waals surface area contributed by atoms with Crippen LogP contribution < -0.4 is 5.32 Å². The Morgan fingerprint density at radius 1 is 1.35 bits per heavy atom. The standard InChI is InChI=1S/C14H24N2O4/c1-13(2)9(8-10(13)20-4)15-12(19)16-7-5-6-14(16,3)11(17)18/h9-10H,5-8H2,1-4H3,(H,15,19)(H,17,18). The minimum atomic E-state index is -1.08. The summed E-state index contributed by atoms with van der Waals surface area (Å²) in [5, 5.41) is 12.3. The van der Waals surface area contributed by atoms with Gasteiger partial charge < -0.3 is 20.1 Å². The first-order valence-corrected chi connectivity index (χ1v) is 7.08. The van der Waals surface area contributed by atoms with Crippen LogP contribution in [0.4, 0.5) is 4.79 Å². The molecule has 3 unspecified atom stereocenters. The maximum absolute atomic E-state index is 12.4. The number of aliphatic carboxylic acids is 1. The summed E-state index contributed by atoms with van der Waals surface area (Å²) in [6.45, 7) is 6.22. The maximum atomic E-state index is 12.4. The molecule has 2 N–H and O–H groups in total. The van der Waals surface area contributed by atoms with Crippen LogP contribution >= 0.6 is 0 Å². The van der Waals surface area contributed by atoms with E-state index >= 15 is 0 Å². The molecule has 0 aromatic heterocycles. The number of nitrogens with zero attached hydrogens (tertiary/aromatic N) is 1. The van der Waals surface area contributed by atoms with Gasteiger partial charge >= 0.3 is 12.0 Å². The van der Waals surface area contributed by atoms with Crippen molar-refractivity contribution in [3.05, 3.63) is 0 Å². The van der Waals surface area contributed by atoms with Crippen LogP contribution in [0.25, 0.3) is 0 Å². The summed E-state index contributed by atoms with van der Waals surface area (Å²) in [5.41, 5.74) is -1.21. The summed E-state index contributed by atoms with van der Waals surface area (Å²) in [6, 6.07) is -0.251. The Balaban J connectivity index is 2.01. The van der Waals surface area contributed by atoms with E-state index in [0.717, 1.165) is 12.8 Å². The molecule has 0 bridgehead atoms. The molecule has 1 aliphatic carbocycles. The first-order valence-electron chi connectivity index (χ1n) is 7.08. The van der Waals surface area contributed by atoms with Crippen LogP contribution in [-0.2, 0) is 9.53 Å². The average molecular weight is 284 g/mol. The van der Waals surface area contributed by atoms with Crippen LogP contribution in [0.3, 0.4) is 0 Å². The molecule has 6 heteroatoms. The maximum Gasteiger partial charge on any atom is 0.329 e. The summed E-state index contributed by atoms with van der Waals surface area (Å²) < 4.78 is 5.36. The zero-order valence-electron chi connectivity index (χ0n) is 12.6. The number of likely N-dealkylation sites (tertiary alicyclic amines) is 1. The Hall–Kier alpha value is -1.30. The predicted octanol–water partition coefficient (Wildman–Crippen LogP) is 1.45. The lowest BCUT2D eigenvalue weighted by atomic mass is 9.64. The molecule has 6 nitrogen and oxygen atoms in total. The van der Waals surface area contributed by atoms with Crippen molar-refractivity contribution >= 4 is 12.0 Å². The van der Waals surface area contributed by atoms with E-state index in [9.17, 15) is 14.7 Å². The van der Waals surface area contributed by atoms with Gasteiger partial charge in [0.2, 0.25) is 0 Å². The lowest BCUT2D eigenvalue weighted by Crippen LogP contribution is -2.65. The number of carboxylic acid groups (broad SMARTS) is 1. The van der Waals surface area contributed by atoms with Crippen LogP contribution in [0.2, 0.25) is 0 Å². The van der Waals surface area contributed by atoms with Crippen molar-refractivity contribution in [3.63, 3.8) is 0 Å². The second-order valence-electron chi connectivity index (χ2n) is 6.62. The van der Waals surface area contributed by atoms with Gasteiger partial charge in [0, 0.05) is 25.1 Å². The fourth-order valence-electron chi connectivity index (χ4n) is 3.27. The van der Waals surface area contributed by atoms with Crippen LogP contribution in [0.15, 0.2) is 0 Å². The number of rotatable bonds is 3. The Kier molecular flexibility index (Phi) is 3.71. The van der Waals surface area contributed by atoms with E-state index in [0.29, 0.717) is 13.0 Å². The Morgan fingerprint density at radius 2 is 2.00 bits per heavy atom. The van der Waals surface area contributed by atoms with Gasteiger partial charge in [-0.15, -0.1) is 0 Å². The topological polar surface area (TPSA) is 78.9 Å². The SMILES string of the molecule is COC1CC(NC(=O)N2CCCC2(C)C(=O)O)C1(C)C. The number of carbonyl (C=O) groups excluding carboxylic acids is 1. The van der Waals surface area contributed by atoms with Gasteiger partial charge in [-0.25, -0.2) is 9.59 Å². The summed E-state index contributed by atoms with van der Waals surface area (Å²) in [7, 11) is 1.67. The number of carbonyl (C=O) groups is 2. The van der Waals surface area contributed by atoms with Crippen LogP contribution in [0.1, 0.15) is 40.0 Å². The molecule has 114 valence electrons. The highest BCUT2D eigenvalue weighted by Gasteiger charge is 2.51. The zero-order valence-corrected chi connectivity index (χ0v) is 12.6. The largest absolute Gasteiger partial charge is 0.480 e. The van der Waals surface area contributed by atoms with Gasteiger partial charge in [-0.2, -0.15) is 0 Å². The minimum Gasteiger partial charge on any atom is -0.480 e. The second kappa shape index (κ2) is 4.91. The molecule has 0 spiro atoms. The third kappa shape index (κ3) is 2.16. The van der Waals surface area contributed by atoms with Gasteiger partial charge in [0.25, 0.3) is 0 Å². The van der Waals surface area contributed by atoms with Crippen molar-refractivity contribution in [2.24, 2.45) is 5.41 Å². The molecule has 2 rings (SSSR count). The number of hydrogen-bond acceptors (Lipinski definition) is 3. The van der Waals surface area contributed by atoms with Gasteiger partial charge in [0.15, 0.2) is 0 Å². The molecule has 2 fully saturated rings. The van der Waals surface area contributed by atoms with Gasteiger partial charge in [-0.05, 0) is 26.2 Å². The highest BCUT2D eigenvalue weighted by molar-refractivity contribution is 5.86. The number of carboxylic acids is 1. The van der Waals surface area contributed by atoms with Crippen molar-refractivity contribution in [2.45, 2.75) is 57.7 Å². The molecule has 2 amide bonds. The molecule has 2 aliphatic rings. The van der Waals surface area contributed by atoms with Gasteiger partial charge in [0.05, 0.1) is 6.10 Å². The lowest BCUT2D eigenvalue weighted by Gasteiger charge is -2.51. The highest BCUT2D eigenvalue weighted by atomic mass is 16.5. The summed E-state index contributed by atoms with van der Waals surface area (Å²) >= 11 is 0. The highest BCUT2D eigenvalue weighted by Crippen LogP contribution is 2.42. The minimum absolute atomic E-state index is 0.0265. The number of nitrogens with one attached hydrogen (secondary N) is 1.